The third-order valence-electron chi connectivity index (χ3n) is 8.89. The number of carboxylic acids is 2. The van der Waals surface area contributed by atoms with Gasteiger partial charge in [0.1, 0.15) is 12.1 Å². The average Bonchev–Trinajstić information content (AvgIpc) is 3.03. The molecule has 0 aromatic heterocycles. The van der Waals surface area contributed by atoms with Gasteiger partial charge in [0.2, 0.25) is 17.7 Å². The van der Waals surface area contributed by atoms with Crippen molar-refractivity contribution in [3.05, 3.63) is 71.8 Å². The van der Waals surface area contributed by atoms with Gasteiger partial charge >= 0.3 is 11.9 Å². The molecule has 0 saturated carbocycles. The van der Waals surface area contributed by atoms with Gasteiger partial charge in [0.15, 0.2) is 0 Å². The number of hydrogen-bond donors (Lipinski definition) is 5. The van der Waals surface area contributed by atoms with Gasteiger partial charge in [-0.15, -0.1) is 0 Å². The van der Waals surface area contributed by atoms with Crippen LogP contribution in [0.1, 0.15) is 73.8 Å². The van der Waals surface area contributed by atoms with Crippen molar-refractivity contribution in [3.8, 4) is 11.1 Å². The number of carboxylic acid groups (broad SMARTS) is 2. The van der Waals surface area contributed by atoms with Crippen molar-refractivity contribution in [1.82, 2.24) is 20.9 Å². The summed E-state index contributed by atoms with van der Waals surface area (Å²) in [6.07, 6.45) is 0.901. The van der Waals surface area contributed by atoms with Crippen LogP contribution in [0.3, 0.4) is 0 Å². The Morgan fingerprint density at radius 3 is 1.96 bits per heavy atom. The lowest BCUT2D eigenvalue weighted by Crippen LogP contribution is -2.61. The van der Waals surface area contributed by atoms with Crippen LogP contribution in [0.2, 0.25) is 0 Å². The molecule has 2 aromatic carbocycles. The van der Waals surface area contributed by atoms with Gasteiger partial charge in [0, 0.05) is 24.5 Å². The number of hydrogen-bond acceptors (Lipinski definition) is 6. The highest BCUT2D eigenvalue weighted by Crippen LogP contribution is 2.32. The van der Waals surface area contributed by atoms with Crippen LogP contribution in [0.4, 0.5) is 0 Å². The lowest BCUT2D eigenvalue weighted by Gasteiger charge is -2.40. The minimum atomic E-state index is -1.38. The van der Waals surface area contributed by atoms with E-state index in [2.05, 4.69) is 22.0 Å². The Morgan fingerprint density at radius 1 is 0.857 bits per heavy atom. The lowest BCUT2D eigenvalue weighted by atomic mass is 9.76. The van der Waals surface area contributed by atoms with E-state index in [-0.39, 0.29) is 29.7 Å². The number of carbonyl (C=O) groups excluding carboxylic acids is 3. The number of nitrogens with zero attached hydrogens (tertiary/aromatic N) is 1. The Bertz CT molecular complexity index is 1510. The lowest BCUT2D eigenvalue weighted by molar-refractivity contribution is -0.142. The summed E-state index contributed by atoms with van der Waals surface area (Å²) in [5.74, 6) is -4.04. The predicted molar refractivity (Wildman–Crippen MR) is 191 cm³/mol. The van der Waals surface area contributed by atoms with Crippen LogP contribution in [0.5, 0.6) is 0 Å². The fourth-order valence-electron chi connectivity index (χ4n) is 5.82. The molecule has 4 atom stereocenters. The normalized spacial score (nSPS) is 14.7. The number of rotatable bonds is 16. The zero-order valence-electron chi connectivity index (χ0n) is 30.5. The second-order valence-corrected chi connectivity index (χ2v) is 14.5. The third kappa shape index (κ3) is 11.0. The summed E-state index contributed by atoms with van der Waals surface area (Å²) in [7, 11) is 3.33. The molecule has 0 fully saturated rings. The van der Waals surface area contributed by atoms with Gasteiger partial charge in [-0.3, -0.25) is 19.2 Å². The van der Waals surface area contributed by atoms with Crippen LogP contribution >= 0.6 is 0 Å². The van der Waals surface area contributed by atoms with Gasteiger partial charge in [-0.25, -0.2) is 4.79 Å². The first-order valence-corrected chi connectivity index (χ1v) is 16.6. The standard InChI is InChI=1S/C38H54N4O7/c1-23(2)29(21-24(3)33(45)40-28(36(48)49)19-20-30(43)44)42(10)35(47)32(37(4,5)6)41-34(46)31(39-9)38(7,8)27-18-14-17-26(22-27)25-15-12-11-13-16-25/h11-18,21-23,28-29,31-32,39H,19-20H2,1-10H3,(H,40,45)(H,41,46)(H,43,44)(H,48,49)/b24-21+/t28-,29-,31-,32?/m1/s1. The molecular formula is C38H54N4O7. The molecule has 49 heavy (non-hydrogen) atoms. The molecule has 2 aromatic rings. The maximum absolute atomic E-state index is 14.2. The van der Waals surface area contributed by atoms with Crippen molar-refractivity contribution in [1.29, 1.82) is 0 Å². The van der Waals surface area contributed by atoms with Gasteiger partial charge in [0.05, 0.1) is 12.1 Å². The summed E-state index contributed by atoms with van der Waals surface area (Å²) in [6.45, 7) is 14.9. The highest BCUT2D eigenvalue weighted by Gasteiger charge is 2.41. The second kappa shape index (κ2) is 17.2. The van der Waals surface area contributed by atoms with Gasteiger partial charge in [-0.2, -0.15) is 0 Å². The van der Waals surface area contributed by atoms with Crippen molar-refractivity contribution >= 4 is 29.7 Å². The molecule has 5 N–H and O–H groups in total. The molecule has 3 amide bonds. The maximum atomic E-state index is 14.2. The summed E-state index contributed by atoms with van der Waals surface area (Å²) in [5.41, 5.74) is 1.85. The summed E-state index contributed by atoms with van der Waals surface area (Å²) in [6, 6.07) is 14.5. The molecule has 0 saturated heterocycles. The van der Waals surface area contributed by atoms with Crippen LogP contribution in [-0.2, 0) is 29.4 Å². The molecule has 0 aliphatic carbocycles. The fourth-order valence-corrected chi connectivity index (χ4v) is 5.82. The van der Waals surface area contributed by atoms with E-state index in [1.807, 2.05) is 97.0 Å². The van der Waals surface area contributed by atoms with E-state index in [9.17, 15) is 29.1 Å². The van der Waals surface area contributed by atoms with Gasteiger partial charge < -0.3 is 31.1 Å². The third-order valence-corrected chi connectivity index (χ3v) is 8.89. The van der Waals surface area contributed by atoms with E-state index in [1.54, 1.807) is 20.2 Å². The average molecular weight is 679 g/mol. The van der Waals surface area contributed by atoms with Crippen molar-refractivity contribution in [2.75, 3.05) is 14.1 Å². The van der Waals surface area contributed by atoms with E-state index in [0.29, 0.717) is 0 Å². The molecule has 0 radical (unpaired) electrons. The largest absolute Gasteiger partial charge is 0.481 e. The van der Waals surface area contributed by atoms with Crippen LogP contribution < -0.4 is 16.0 Å². The molecule has 11 nitrogen and oxygen atoms in total. The van der Waals surface area contributed by atoms with Crippen molar-refractivity contribution in [2.45, 2.75) is 97.8 Å². The second-order valence-electron chi connectivity index (χ2n) is 14.5. The zero-order valence-corrected chi connectivity index (χ0v) is 30.5. The van der Waals surface area contributed by atoms with E-state index >= 15 is 0 Å². The highest BCUT2D eigenvalue weighted by atomic mass is 16.4. The Labute approximate surface area is 290 Å². The van der Waals surface area contributed by atoms with Gasteiger partial charge in [-0.1, -0.05) is 109 Å². The molecule has 0 heterocycles. The molecule has 0 aliphatic heterocycles. The topological polar surface area (TPSA) is 165 Å². The summed E-state index contributed by atoms with van der Waals surface area (Å²) in [5, 5.41) is 27.0. The molecule has 0 bridgehead atoms. The number of likely N-dealkylation sites (N-methyl/N-ethyl adjacent to an activating group) is 2. The first-order chi connectivity index (χ1) is 22.7. The molecule has 0 spiro atoms. The number of carbonyl (C=O) groups is 5. The number of nitrogens with one attached hydrogen (secondary N) is 3. The Morgan fingerprint density at radius 2 is 1.45 bits per heavy atom. The van der Waals surface area contributed by atoms with E-state index in [0.717, 1.165) is 16.7 Å². The Balaban J connectivity index is 2.35. The first kappa shape index (κ1) is 40.7. The summed E-state index contributed by atoms with van der Waals surface area (Å²) in [4.78, 5) is 65.3. The van der Waals surface area contributed by atoms with E-state index in [1.165, 1.54) is 11.8 Å². The first-order valence-electron chi connectivity index (χ1n) is 16.6. The molecule has 268 valence electrons. The SMILES string of the molecule is CN[C@H](C(=O)NC(C(=O)N(C)[C@H](/C=C(\C)C(=O)N[C@H](CCC(=O)O)C(=O)O)C(C)C)C(C)(C)C)C(C)(C)c1cccc(-c2ccccc2)c1. The Hall–Kier alpha value is -4.51. The predicted octanol–water partition coefficient (Wildman–Crippen LogP) is 4.61. The zero-order chi connectivity index (χ0) is 37.3. The van der Waals surface area contributed by atoms with Crippen molar-refractivity contribution < 1.29 is 34.2 Å². The van der Waals surface area contributed by atoms with Gasteiger partial charge in [0.25, 0.3) is 0 Å². The Kier molecular flexibility index (Phi) is 14.3. The molecule has 1 unspecified atom stereocenters. The summed E-state index contributed by atoms with van der Waals surface area (Å²) >= 11 is 0. The van der Waals surface area contributed by atoms with Crippen LogP contribution in [-0.4, -0.2) is 83.0 Å². The van der Waals surface area contributed by atoms with Crippen LogP contribution in [0.25, 0.3) is 11.1 Å². The quantitative estimate of drug-likeness (QED) is 0.161. The number of amides is 3. The fraction of sp³-hybridized carbons (Fsp3) is 0.500. The van der Waals surface area contributed by atoms with E-state index in [4.69, 9.17) is 5.11 Å². The molecule has 2 rings (SSSR count). The van der Waals surface area contributed by atoms with Crippen molar-refractivity contribution in [2.24, 2.45) is 11.3 Å². The minimum Gasteiger partial charge on any atom is -0.481 e. The van der Waals surface area contributed by atoms with E-state index < -0.39 is 59.3 Å². The molecule has 11 heteroatoms. The molecule has 0 aliphatic rings. The minimum absolute atomic E-state index is 0.156. The number of aliphatic carboxylic acids is 2. The van der Waals surface area contributed by atoms with Crippen molar-refractivity contribution in [3.63, 3.8) is 0 Å². The van der Waals surface area contributed by atoms with Crippen LogP contribution in [0, 0.1) is 11.3 Å². The highest BCUT2D eigenvalue weighted by molar-refractivity contribution is 5.96. The smallest absolute Gasteiger partial charge is 0.326 e. The maximum Gasteiger partial charge on any atom is 0.326 e. The monoisotopic (exact) mass is 678 g/mol. The van der Waals surface area contributed by atoms with Crippen LogP contribution in [0.15, 0.2) is 66.2 Å². The molecular weight excluding hydrogens is 624 g/mol. The number of benzene rings is 2. The summed E-state index contributed by atoms with van der Waals surface area (Å²) < 4.78 is 0. The van der Waals surface area contributed by atoms with Gasteiger partial charge in [-0.05, 0) is 48.4 Å².